The van der Waals surface area contributed by atoms with E-state index in [9.17, 15) is 0 Å². The van der Waals surface area contributed by atoms with E-state index in [2.05, 4.69) is 18.7 Å². The Kier molecular flexibility index (Phi) is 2.99. The highest BCUT2D eigenvalue weighted by molar-refractivity contribution is 6.18. The molecule has 1 saturated carbocycles. The Hall–Kier alpha value is 0.250. The van der Waals surface area contributed by atoms with E-state index in [1.807, 2.05) is 0 Å². The molecule has 2 heteroatoms. The molecule has 0 aromatic heterocycles. The van der Waals surface area contributed by atoms with Crippen LogP contribution in [0.15, 0.2) is 0 Å². The first-order valence-corrected chi connectivity index (χ1v) is 4.61. The molecule has 0 aromatic rings. The topological polar surface area (TPSA) is 3.24 Å². The second-order valence-corrected chi connectivity index (χ2v) is 3.63. The summed E-state index contributed by atoms with van der Waals surface area (Å²) < 4.78 is 0. The first-order chi connectivity index (χ1) is 4.75. The van der Waals surface area contributed by atoms with E-state index >= 15 is 0 Å². The third kappa shape index (κ3) is 2.14. The molecule has 1 fully saturated rings. The van der Waals surface area contributed by atoms with E-state index < -0.39 is 0 Å². The Balaban J connectivity index is 2.26. The molecule has 0 aromatic carbocycles. The fourth-order valence-corrected chi connectivity index (χ4v) is 1.56. The van der Waals surface area contributed by atoms with E-state index in [4.69, 9.17) is 11.6 Å². The number of rotatable bonds is 4. The summed E-state index contributed by atoms with van der Waals surface area (Å²) in [5.74, 6) is 0.773. The van der Waals surface area contributed by atoms with Crippen molar-refractivity contribution in [1.82, 2.24) is 4.90 Å². The number of alkyl halides is 1. The molecule has 0 bridgehead atoms. The molecule has 0 radical (unpaired) electrons. The highest BCUT2D eigenvalue weighted by Crippen LogP contribution is 2.28. The normalized spacial score (nSPS) is 18.9. The summed E-state index contributed by atoms with van der Waals surface area (Å²) in [7, 11) is 0. The lowest BCUT2D eigenvalue weighted by molar-refractivity contribution is 0.225. The number of hydrogen-bond donors (Lipinski definition) is 0. The van der Waals surface area contributed by atoms with E-state index in [1.54, 1.807) is 0 Å². The number of nitrogens with zero attached hydrogens (tertiary/aromatic N) is 1. The minimum Gasteiger partial charge on any atom is -0.297 e. The second-order valence-electron chi connectivity index (χ2n) is 3.25. The molecule has 0 saturated heterocycles. The van der Waals surface area contributed by atoms with Crippen molar-refractivity contribution in [3.63, 3.8) is 0 Å². The van der Waals surface area contributed by atoms with Crippen LogP contribution in [0.5, 0.6) is 0 Å². The van der Waals surface area contributed by atoms with Gasteiger partial charge in [-0.1, -0.05) is 0 Å². The van der Waals surface area contributed by atoms with Crippen molar-refractivity contribution in [3.8, 4) is 0 Å². The highest BCUT2D eigenvalue weighted by Gasteiger charge is 2.29. The quantitative estimate of drug-likeness (QED) is 0.571. The first-order valence-electron chi connectivity index (χ1n) is 4.07. The van der Waals surface area contributed by atoms with Crippen LogP contribution in [0, 0.1) is 0 Å². The van der Waals surface area contributed by atoms with Crippen molar-refractivity contribution < 1.29 is 0 Å². The summed E-state index contributed by atoms with van der Waals surface area (Å²) in [5.41, 5.74) is 0. The summed E-state index contributed by atoms with van der Waals surface area (Å²) in [6, 6.07) is 1.53. The number of hydrogen-bond acceptors (Lipinski definition) is 1. The predicted octanol–water partition coefficient (Wildman–Crippen LogP) is 2.10. The van der Waals surface area contributed by atoms with Crippen molar-refractivity contribution >= 4 is 11.6 Å². The Labute approximate surface area is 68.4 Å². The van der Waals surface area contributed by atoms with Gasteiger partial charge in [-0.25, -0.2) is 0 Å². The van der Waals surface area contributed by atoms with Crippen molar-refractivity contribution in [2.75, 3.05) is 12.4 Å². The zero-order valence-electron chi connectivity index (χ0n) is 6.81. The summed E-state index contributed by atoms with van der Waals surface area (Å²) >= 11 is 5.67. The monoisotopic (exact) mass is 161 g/mol. The molecule has 1 aliphatic carbocycles. The van der Waals surface area contributed by atoms with Crippen LogP contribution in [0.25, 0.3) is 0 Å². The van der Waals surface area contributed by atoms with Crippen molar-refractivity contribution in [1.29, 1.82) is 0 Å². The standard InChI is InChI=1S/C8H16ClN/c1-7(2)10(6-5-9)8-3-4-8/h7-8H,3-6H2,1-2H3. The average molecular weight is 162 g/mol. The molecule has 0 unspecified atom stereocenters. The van der Waals surface area contributed by atoms with Gasteiger partial charge in [0, 0.05) is 24.5 Å². The van der Waals surface area contributed by atoms with E-state index in [-0.39, 0.29) is 0 Å². The van der Waals surface area contributed by atoms with Gasteiger partial charge in [-0.2, -0.15) is 0 Å². The minimum atomic E-state index is 0.672. The Bertz CT molecular complexity index is 97.4. The lowest BCUT2D eigenvalue weighted by Gasteiger charge is -2.24. The maximum atomic E-state index is 5.67. The van der Waals surface area contributed by atoms with Gasteiger partial charge in [0.1, 0.15) is 0 Å². The smallest absolute Gasteiger partial charge is 0.0351 e. The lowest BCUT2D eigenvalue weighted by atomic mass is 10.3. The molecule has 1 nitrogen and oxygen atoms in total. The van der Waals surface area contributed by atoms with Gasteiger partial charge in [-0.3, -0.25) is 4.90 Å². The minimum absolute atomic E-state index is 0.672. The molecule has 0 atom stereocenters. The zero-order valence-corrected chi connectivity index (χ0v) is 7.56. The maximum Gasteiger partial charge on any atom is 0.0351 e. The van der Waals surface area contributed by atoms with Crippen LogP contribution in [0.3, 0.4) is 0 Å². The van der Waals surface area contributed by atoms with Crippen LogP contribution in [0.1, 0.15) is 26.7 Å². The van der Waals surface area contributed by atoms with Gasteiger partial charge < -0.3 is 0 Å². The Morgan fingerprint density at radius 3 is 2.40 bits per heavy atom. The first kappa shape index (κ1) is 8.35. The van der Waals surface area contributed by atoms with E-state index in [0.717, 1.165) is 18.5 Å². The average Bonchev–Trinajstić information content (AvgIpc) is 2.63. The third-order valence-corrected chi connectivity index (χ3v) is 2.19. The molecular weight excluding hydrogens is 146 g/mol. The largest absolute Gasteiger partial charge is 0.297 e. The molecule has 60 valence electrons. The predicted molar refractivity (Wildman–Crippen MR) is 45.6 cm³/mol. The highest BCUT2D eigenvalue weighted by atomic mass is 35.5. The van der Waals surface area contributed by atoms with Crippen molar-refractivity contribution in [2.45, 2.75) is 38.8 Å². The van der Waals surface area contributed by atoms with Crippen LogP contribution in [0.2, 0.25) is 0 Å². The SMILES string of the molecule is CC(C)N(CCCl)C1CC1. The molecule has 0 spiro atoms. The molecule has 1 rings (SSSR count). The van der Waals surface area contributed by atoms with Crippen LogP contribution < -0.4 is 0 Å². The molecule has 0 N–H and O–H groups in total. The summed E-state index contributed by atoms with van der Waals surface area (Å²) in [5, 5.41) is 0. The van der Waals surface area contributed by atoms with Gasteiger partial charge in [0.05, 0.1) is 0 Å². The van der Waals surface area contributed by atoms with E-state index in [0.29, 0.717) is 6.04 Å². The summed E-state index contributed by atoms with van der Waals surface area (Å²) in [6.07, 6.45) is 2.77. The third-order valence-electron chi connectivity index (χ3n) is 2.02. The maximum absolute atomic E-state index is 5.67. The van der Waals surface area contributed by atoms with Gasteiger partial charge in [0.2, 0.25) is 0 Å². The zero-order chi connectivity index (χ0) is 7.56. The molecular formula is C8H16ClN. The van der Waals surface area contributed by atoms with Gasteiger partial charge in [0.25, 0.3) is 0 Å². The van der Waals surface area contributed by atoms with Crippen LogP contribution in [-0.4, -0.2) is 29.4 Å². The molecule has 0 heterocycles. The summed E-state index contributed by atoms with van der Waals surface area (Å²) in [4.78, 5) is 2.49. The molecule has 0 amide bonds. The Morgan fingerprint density at radius 1 is 1.50 bits per heavy atom. The van der Waals surface area contributed by atoms with Gasteiger partial charge >= 0.3 is 0 Å². The lowest BCUT2D eigenvalue weighted by Crippen LogP contribution is -2.34. The second kappa shape index (κ2) is 3.59. The fourth-order valence-electron chi connectivity index (χ4n) is 1.37. The van der Waals surface area contributed by atoms with Gasteiger partial charge in [0.15, 0.2) is 0 Å². The van der Waals surface area contributed by atoms with E-state index in [1.165, 1.54) is 12.8 Å². The number of halogens is 1. The van der Waals surface area contributed by atoms with Crippen LogP contribution in [-0.2, 0) is 0 Å². The fraction of sp³-hybridized carbons (Fsp3) is 1.00. The molecule has 0 aliphatic heterocycles. The van der Waals surface area contributed by atoms with Crippen LogP contribution >= 0.6 is 11.6 Å². The van der Waals surface area contributed by atoms with Crippen molar-refractivity contribution in [3.05, 3.63) is 0 Å². The van der Waals surface area contributed by atoms with Gasteiger partial charge in [-0.15, -0.1) is 11.6 Å². The van der Waals surface area contributed by atoms with Crippen LogP contribution in [0.4, 0.5) is 0 Å². The Morgan fingerprint density at radius 2 is 2.10 bits per heavy atom. The molecule has 10 heavy (non-hydrogen) atoms. The van der Waals surface area contributed by atoms with Crippen molar-refractivity contribution in [2.24, 2.45) is 0 Å². The molecule has 1 aliphatic rings. The summed E-state index contributed by atoms with van der Waals surface area (Å²) in [6.45, 7) is 5.54. The van der Waals surface area contributed by atoms with Gasteiger partial charge in [-0.05, 0) is 26.7 Å².